The van der Waals surface area contributed by atoms with Crippen LogP contribution < -0.4 is 5.73 Å². The van der Waals surface area contributed by atoms with Gasteiger partial charge in [0.15, 0.2) is 9.84 Å². The average Bonchev–Trinajstić information content (AvgIpc) is 2.30. The van der Waals surface area contributed by atoms with Crippen LogP contribution >= 0.6 is 0 Å². The van der Waals surface area contributed by atoms with Crippen molar-refractivity contribution < 1.29 is 12.8 Å². The number of rotatable bonds is 3. The number of hydrogen-bond donors (Lipinski definition) is 1. The number of aryl methyl sites for hydroxylation is 2. The smallest absolute Gasteiger partial charge is 0.184 e. The van der Waals surface area contributed by atoms with Crippen LogP contribution in [0.1, 0.15) is 16.7 Å². The van der Waals surface area contributed by atoms with Gasteiger partial charge in [-0.15, -0.1) is 0 Å². The number of hydrogen-bond acceptors (Lipinski definition) is 3. The van der Waals surface area contributed by atoms with E-state index in [0.29, 0.717) is 5.56 Å². The Labute approximate surface area is 118 Å². The van der Waals surface area contributed by atoms with Gasteiger partial charge in [-0.25, -0.2) is 12.8 Å². The highest BCUT2D eigenvalue weighted by molar-refractivity contribution is 7.90. The molecule has 0 aliphatic heterocycles. The van der Waals surface area contributed by atoms with Crippen molar-refractivity contribution in [2.75, 3.05) is 5.73 Å². The molecule has 106 valence electrons. The first kappa shape index (κ1) is 14.5. The molecule has 20 heavy (non-hydrogen) atoms. The van der Waals surface area contributed by atoms with Gasteiger partial charge in [0.2, 0.25) is 0 Å². The molecule has 2 aromatic rings. The molecule has 0 aromatic heterocycles. The minimum absolute atomic E-state index is 0.0655. The number of sulfone groups is 1. The van der Waals surface area contributed by atoms with E-state index in [4.69, 9.17) is 5.73 Å². The molecule has 0 saturated carbocycles. The molecule has 5 heteroatoms. The Morgan fingerprint density at radius 2 is 1.65 bits per heavy atom. The van der Waals surface area contributed by atoms with Crippen molar-refractivity contribution >= 4 is 15.5 Å². The van der Waals surface area contributed by atoms with E-state index in [2.05, 4.69) is 0 Å². The molecule has 2 rings (SSSR count). The predicted octanol–water partition coefficient (Wildman–Crippen LogP) is 3.00. The van der Waals surface area contributed by atoms with Gasteiger partial charge in [-0.2, -0.15) is 0 Å². The molecule has 0 radical (unpaired) electrons. The largest absolute Gasteiger partial charge is 0.398 e. The molecule has 0 atom stereocenters. The monoisotopic (exact) mass is 293 g/mol. The lowest BCUT2D eigenvalue weighted by Crippen LogP contribution is -2.08. The second-order valence-corrected chi connectivity index (χ2v) is 6.90. The second kappa shape index (κ2) is 5.25. The zero-order valence-corrected chi connectivity index (χ0v) is 12.2. The van der Waals surface area contributed by atoms with Crippen LogP contribution in [0.5, 0.6) is 0 Å². The first-order chi connectivity index (χ1) is 9.28. The van der Waals surface area contributed by atoms with E-state index in [9.17, 15) is 12.8 Å². The second-order valence-electron chi connectivity index (χ2n) is 4.94. The lowest BCUT2D eigenvalue weighted by atomic mass is 10.1. The summed E-state index contributed by atoms with van der Waals surface area (Å²) in [6, 6.07) is 8.95. The van der Waals surface area contributed by atoms with Crippen LogP contribution in [0.3, 0.4) is 0 Å². The van der Waals surface area contributed by atoms with Crippen LogP contribution in [-0.2, 0) is 15.6 Å². The summed E-state index contributed by atoms with van der Waals surface area (Å²) in [7, 11) is -3.67. The van der Waals surface area contributed by atoms with Crippen LogP contribution in [-0.4, -0.2) is 8.42 Å². The molecule has 2 aromatic carbocycles. The van der Waals surface area contributed by atoms with Crippen molar-refractivity contribution in [2.45, 2.75) is 24.5 Å². The summed E-state index contributed by atoms with van der Waals surface area (Å²) >= 11 is 0. The number of halogens is 1. The Kier molecular flexibility index (Phi) is 3.81. The molecule has 0 amide bonds. The van der Waals surface area contributed by atoms with Crippen LogP contribution in [0.15, 0.2) is 41.3 Å². The van der Waals surface area contributed by atoms with Gasteiger partial charge in [-0.3, -0.25) is 0 Å². The minimum atomic E-state index is -3.67. The highest BCUT2D eigenvalue weighted by Crippen LogP contribution is 2.24. The van der Waals surface area contributed by atoms with Gasteiger partial charge in [0.25, 0.3) is 0 Å². The Hall–Kier alpha value is -1.88. The Balaban J connectivity index is 2.43. The Morgan fingerprint density at radius 1 is 1.05 bits per heavy atom. The minimum Gasteiger partial charge on any atom is -0.398 e. The van der Waals surface area contributed by atoms with Gasteiger partial charge >= 0.3 is 0 Å². The summed E-state index contributed by atoms with van der Waals surface area (Å²) in [5.74, 6) is -0.804. The first-order valence-corrected chi connectivity index (χ1v) is 7.78. The van der Waals surface area contributed by atoms with Crippen molar-refractivity contribution in [1.29, 1.82) is 0 Å². The standard InChI is InChI=1S/C15H16FNO2S/c1-10-5-11(2)7-12(6-10)9-20(18,19)15-8-13(16)3-4-14(15)17/h3-8H,9,17H2,1-2H3. The predicted molar refractivity (Wildman–Crippen MR) is 77.6 cm³/mol. The molecule has 0 bridgehead atoms. The van der Waals surface area contributed by atoms with Crippen molar-refractivity contribution in [3.63, 3.8) is 0 Å². The summed E-state index contributed by atoms with van der Waals surface area (Å²) in [6.45, 7) is 3.80. The molecule has 2 N–H and O–H groups in total. The fraction of sp³-hybridized carbons (Fsp3) is 0.200. The molecule has 0 unspecified atom stereocenters. The van der Waals surface area contributed by atoms with Gasteiger partial charge in [0.1, 0.15) is 5.82 Å². The van der Waals surface area contributed by atoms with E-state index < -0.39 is 15.7 Å². The topological polar surface area (TPSA) is 60.2 Å². The number of nitrogens with two attached hydrogens (primary N) is 1. The molecule has 0 saturated heterocycles. The number of anilines is 1. The maximum atomic E-state index is 13.2. The molecule has 0 fully saturated rings. The van der Waals surface area contributed by atoms with Crippen LogP contribution in [0.4, 0.5) is 10.1 Å². The number of nitrogen functional groups attached to an aromatic ring is 1. The third kappa shape index (κ3) is 3.17. The summed E-state index contributed by atoms with van der Waals surface area (Å²) in [6.07, 6.45) is 0. The van der Waals surface area contributed by atoms with Gasteiger partial charge in [-0.05, 0) is 37.6 Å². The molecular weight excluding hydrogens is 277 g/mol. The lowest BCUT2D eigenvalue weighted by molar-refractivity contribution is 0.590. The molecule has 0 aliphatic rings. The van der Waals surface area contributed by atoms with E-state index in [1.54, 1.807) is 12.1 Å². The van der Waals surface area contributed by atoms with Crippen molar-refractivity contribution in [3.8, 4) is 0 Å². The third-order valence-electron chi connectivity index (χ3n) is 2.95. The first-order valence-electron chi connectivity index (χ1n) is 6.13. The van der Waals surface area contributed by atoms with Crippen LogP contribution in [0.2, 0.25) is 0 Å². The van der Waals surface area contributed by atoms with Crippen LogP contribution in [0.25, 0.3) is 0 Å². The quantitative estimate of drug-likeness (QED) is 0.885. The normalized spacial score (nSPS) is 11.6. The Bertz CT molecular complexity index is 734. The SMILES string of the molecule is Cc1cc(C)cc(CS(=O)(=O)c2cc(F)ccc2N)c1. The summed E-state index contributed by atoms with van der Waals surface area (Å²) in [5, 5.41) is 0. The van der Waals surface area contributed by atoms with Crippen LogP contribution in [0, 0.1) is 19.7 Å². The van der Waals surface area contributed by atoms with E-state index in [1.165, 1.54) is 6.07 Å². The van der Waals surface area contributed by atoms with Gasteiger partial charge in [0.05, 0.1) is 16.3 Å². The van der Waals surface area contributed by atoms with Crippen molar-refractivity contribution in [3.05, 3.63) is 58.9 Å². The Morgan fingerprint density at radius 3 is 2.25 bits per heavy atom. The van der Waals surface area contributed by atoms with E-state index >= 15 is 0 Å². The molecule has 0 aliphatic carbocycles. The van der Waals surface area contributed by atoms with Crippen molar-refractivity contribution in [2.24, 2.45) is 0 Å². The molecular formula is C15H16FNO2S. The fourth-order valence-corrected chi connectivity index (χ4v) is 3.71. The number of benzene rings is 2. The maximum Gasteiger partial charge on any atom is 0.184 e. The maximum absolute atomic E-state index is 13.2. The lowest BCUT2D eigenvalue weighted by Gasteiger charge is -2.09. The van der Waals surface area contributed by atoms with Gasteiger partial charge in [-0.1, -0.05) is 29.3 Å². The van der Waals surface area contributed by atoms with E-state index in [0.717, 1.165) is 23.3 Å². The molecule has 0 heterocycles. The van der Waals surface area contributed by atoms with Crippen molar-refractivity contribution in [1.82, 2.24) is 0 Å². The summed E-state index contributed by atoms with van der Waals surface area (Å²) in [5.41, 5.74) is 8.36. The zero-order chi connectivity index (χ0) is 14.9. The highest BCUT2D eigenvalue weighted by atomic mass is 32.2. The summed E-state index contributed by atoms with van der Waals surface area (Å²) < 4.78 is 37.9. The fourth-order valence-electron chi connectivity index (χ4n) is 2.23. The zero-order valence-electron chi connectivity index (χ0n) is 11.4. The van der Waals surface area contributed by atoms with E-state index in [-0.39, 0.29) is 16.3 Å². The van der Waals surface area contributed by atoms with Gasteiger partial charge in [0, 0.05) is 0 Å². The van der Waals surface area contributed by atoms with Gasteiger partial charge < -0.3 is 5.73 Å². The van der Waals surface area contributed by atoms with E-state index in [1.807, 2.05) is 19.9 Å². The molecule has 3 nitrogen and oxygen atoms in total. The summed E-state index contributed by atoms with van der Waals surface area (Å²) in [4.78, 5) is -0.156. The molecule has 0 spiro atoms. The third-order valence-corrected chi connectivity index (χ3v) is 4.69. The average molecular weight is 293 g/mol. The highest BCUT2D eigenvalue weighted by Gasteiger charge is 2.19.